The molecule has 6 heteroatoms. The van der Waals surface area contributed by atoms with Crippen molar-refractivity contribution in [2.45, 2.75) is 12.1 Å². The second-order valence-electron chi connectivity index (χ2n) is 7.45. The Morgan fingerprint density at radius 2 is 1.61 bits per heavy atom. The molecule has 0 radical (unpaired) electrons. The normalized spacial score (nSPS) is 18.1. The molecule has 1 fully saturated rings. The fourth-order valence-corrected chi connectivity index (χ4v) is 4.36. The van der Waals surface area contributed by atoms with E-state index in [1.807, 2.05) is 79.0 Å². The first-order valence-electron chi connectivity index (χ1n) is 10.2. The zero-order valence-corrected chi connectivity index (χ0v) is 17.9. The molecule has 2 aromatic carbocycles. The molecule has 0 saturated carbocycles. The Morgan fingerprint density at radius 1 is 0.871 bits per heavy atom. The van der Waals surface area contributed by atoms with Crippen LogP contribution in [0.3, 0.4) is 0 Å². The molecule has 0 bridgehead atoms. The van der Waals surface area contributed by atoms with Gasteiger partial charge in [-0.15, -0.1) is 0 Å². The van der Waals surface area contributed by atoms with Gasteiger partial charge in [0.15, 0.2) is 5.11 Å². The maximum absolute atomic E-state index is 5.95. The molecule has 4 aromatic rings. The molecule has 1 N–H and O–H groups in total. The van der Waals surface area contributed by atoms with Gasteiger partial charge >= 0.3 is 0 Å². The predicted octanol–water partition coefficient (Wildman–Crippen LogP) is 5.39. The van der Waals surface area contributed by atoms with E-state index < -0.39 is 0 Å². The van der Waals surface area contributed by atoms with Gasteiger partial charge in [-0.05, 0) is 72.9 Å². The van der Waals surface area contributed by atoms with E-state index in [0.717, 1.165) is 28.6 Å². The Kier molecular flexibility index (Phi) is 5.14. The highest BCUT2D eigenvalue weighted by Gasteiger charge is 2.41. The first-order chi connectivity index (χ1) is 15.2. The number of thiocarbonyl (C=S) groups is 1. The maximum atomic E-state index is 5.95. The second-order valence-corrected chi connectivity index (χ2v) is 7.84. The molecule has 2 aromatic heterocycles. The van der Waals surface area contributed by atoms with Crippen LogP contribution in [0.4, 0.5) is 5.69 Å². The van der Waals surface area contributed by atoms with Crippen molar-refractivity contribution in [3.8, 4) is 11.5 Å². The maximum Gasteiger partial charge on any atom is 0.174 e. The summed E-state index contributed by atoms with van der Waals surface area (Å²) in [5.41, 5.74) is 3.12. The Morgan fingerprint density at radius 3 is 2.29 bits per heavy atom. The van der Waals surface area contributed by atoms with Crippen molar-refractivity contribution in [1.29, 1.82) is 0 Å². The van der Waals surface area contributed by atoms with Crippen LogP contribution >= 0.6 is 12.2 Å². The van der Waals surface area contributed by atoms with Crippen molar-refractivity contribution in [1.82, 2.24) is 14.9 Å². The van der Waals surface area contributed by atoms with Gasteiger partial charge in [0, 0.05) is 30.8 Å². The minimum Gasteiger partial charge on any atom is -0.457 e. The summed E-state index contributed by atoms with van der Waals surface area (Å²) in [6, 6.07) is 27.9. The van der Waals surface area contributed by atoms with Crippen LogP contribution < -0.4 is 15.0 Å². The molecule has 1 aliphatic rings. The van der Waals surface area contributed by atoms with Gasteiger partial charge < -0.3 is 19.5 Å². The number of hydrogen-bond acceptors (Lipinski definition) is 3. The molecule has 3 heterocycles. The molecule has 5 rings (SSSR count). The third kappa shape index (κ3) is 3.78. The van der Waals surface area contributed by atoms with Crippen LogP contribution in [0, 0.1) is 0 Å². The van der Waals surface area contributed by atoms with E-state index in [1.165, 1.54) is 0 Å². The number of aryl methyl sites for hydroxylation is 1. The van der Waals surface area contributed by atoms with E-state index in [2.05, 4.69) is 45.1 Å². The summed E-state index contributed by atoms with van der Waals surface area (Å²) < 4.78 is 8.09. The number of rotatable bonds is 5. The lowest BCUT2D eigenvalue weighted by Gasteiger charge is -2.28. The average molecular weight is 427 g/mol. The minimum absolute atomic E-state index is 0.0247. The highest BCUT2D eigenvalue weighted by atomic mass is 32.1. The largest absolute Gasteiger partial charge is 0.457 e. The summed E-state index contributed by atoms with van der Waals surface area (Å²) in [6.45, 7) is 0. The van der Waals surface area contributed by atoms with Crippen LogP contribution in [0.5, 0.6) is 11.5 Å². The summed E-state index contributed by atoms with van der Waals surface area (Å²) >= 11 is 5.78. The van der Waals surface area contributed by atoms with Crippen LogP contribution in [0.1, 0.15) is 23.5 Å². The highest BCUT2D eigenvalue weighted by Crippen LogP contribution is 2.41. The predicted molar refractivity (Wildman–Crippen MR) is 126 cm³/mol. The third-order valence-electron chi connectivity index (χ3n) is 5.48. The number of ether oxygens (including phenoxy) is 1. The average Bonchev–Trinajstić information content (AvgIpc) is 3.38. The first-order valence-corrected chi connectivity index (χ1v) is 10.6. The van der Waals surface area contributed by atoms with Crippen molar-refractivity contribution in [3.63, 3.8) is 0 Å². The number of aromatic nitrogens is 2. The van der Waals surface area contributed by atoms with Gasteiger partial charge in [0.1, 0.15) is 17.5 Å². The van der Waals surface area contributed by atoms with Crippen LogP contribution in [0.15, 0.2) is 97.3 Å². The molecule has 0 unspecified atom stereocenters. The van der Waals surface area contributed by atoms with Crippen molar-refractivity contribution in [3.05, 3.63) is 109 Å². The molecule has 0 aliphatic carbocycles. The SMILES string of the molecule is Cn1cccc1[C@@H]1[C@@H](c2ccccn2)NC(=S)N1c1ccc(Oc2ccccc2)cc1. The minimum atomic E-state index is -0.0532. The molecule has 31 heavy (non-hydrogen) atoms. The number of pyridine rings is 1. The van der Waals surface area contributed by atoms with Crippen LogP contribution in [-0.4, -0.2) is 14.7 Å². The molecular formula is C25H22N4OS. The van der Waals surface area contributed by atoms with Gasteiger partial charge in [-0.3, -0.25) is 4.98 Å². The topological polar surface area (TPSA) is 42.3 Å². The number of benzene rings is 2. The Bertz CT molecular complexity index is 1180. The number of anilines is 1. The van der Waals surface area contributed by atoms with Crippen LogP contribution in [-0.2, 0) is 7.05 Å². The summed E-state index contributed by atoms with van der Waals surface area (Å²) in [5.74, 6) is 1.59. The molecule has 1 saturated heterocycles. The third-order valence-corrected chi connectivity index (χ3v) is 5.79. The summed E-state index contributed by atoms with van der Waals surface area (Å²) in [4.78, 5) is 6.76. The molecule has 1 aliphatic heterocycles. The van der Waals surface area contributed by atoms with Gasteiger partial charge in [0.2, 0.25) is 0 Å². The van der Waals surface area contributed by atoms with E-state index in [0.29, 0.717) is 5.11 Å². The number of hydrogen-bond donors (Lipinski definition) is 1. The van der Waals surface area contributed by atoms with E-state index in [4.69, 9.17) is 17.0 Å². The summed E-state index contributed by atoms with van der Waals surface area (Å²) in [6.07, 6.45) is 3.88. The smallest absolute Gasteiger partial charge is 0.174 e. The molecule has 2 atom stereocenters. The number of para-hydroxylation sites is 1. The zero-order valence-electron chi connectivity index (χ0n) is 17.1. The van der Waals surface area contributed by atoms with Crippen molar-refractivity contribution in [2.75, 3.05) is 4.90 Å². The Hall–Kier alpha value is -3.64. The van der Waals surface area contributed by atoms with E-state index in [-0.39, 0.29) is 12.1 Å². The summed E-state index contributed by atoms with van der Waals surface area (Å²) in [5, 5.41) is 4.17. The number of nitrogens with zero attached hydrogens (tertiary/aromatic N) is 3. The lowest BCUT2D eigenvalue weighted by atomic mass is 10.0. The lowest BCUT2D eigenvalue weighted by molar-refractivity contribution is 0.482. The Balaban J connectivity index is 1.49. The summed E-state index contributed by atoms with van der Waals surface area (Å²) in [7, 11) is 2.06. The quantitative estimate of drug-likeness (QED) is 0.434. The van der Waals surface area contributed by atoms with Gasteiger partial charge in [-0.25, -0.2) is 0 Å². The monoisotopic (exact) mass is 426 g/mol. The molecular weight excluding hydrogens is 404 g/mol. The van der Waals surface area contributed by atoms with Gasteiger partial charge in [0.25, 0.3) is 0 Å². The van der Waals surface area contributed by atoms with Crippen molar-refractivity contribution < 1.29 is 4.74 Å². The Labute approximate surface area is 186 Å². The molecule has 154 valence electrons. The van der Waals surface area contributed by atoms with Gasteiger partial charge in [-0.1, -0.05) is 24.3 Å². The van der Waals surface area contributed by atoms with Crippen molar-refractivity contribution >= 4 is 23.0 Å². The molecule has 0 amide bonds. The lowest BCUT2D eigenvalue weighted by Crippen LogP contribution is -2.30. The zero-order chi connectivity index (χ0) is 21.2. The van der Waals surface area contributed by atoms with E-state index in [9.17, 15) is 0 Å². The van der Waals surface area contributed by atoms with Crippen molar-refractivity contribution in [2.24, 2.45) is 7.05 Å². The first kappa shape index (κ1) is 19.3. The van der Waals surface area contributed by atoms with E-state index in [1.54, 1.807) is 0 Å². The number of nitrogens with one attached hydrogen (secondary N) is 1. The van der Waals surface area contributed by atoms with Crippen LogP contribution in [0.2, 0.25) is 0 Å². The fraction of sp³-hybridized carbons (Fsp3) is 0.120. The highest BCUT2D eigenvalue weighted by molar-refractivity contribution is 7.80. The van der Waals surface area contributed by atoms with E-state index >= 15 is 0 Å². The fourth-order valence-electron chi connectivity index (χ4n) is 4.01. The second kappa shape index (κ2) is 8.24. The molecule has 0 spiro atoms. The molecule has 5 nitrogen and oxygen atoms in total. The standard InChI is InChI=1S/C25H22N4OS/c1-28-17-7-11-22(28)24-23(21-10-5-6-16-26-21)27-25(31)29(24)18-12-14-20(15-13-18)30-19-8-3-2-4-9-19/h2-17,23-24H,1H3,(H,27,31)/t23-,24-/m1/s1. The van der Waals surface area contributed by atoms with Gasteiger partial charge in [-0.2, -0.15) is 0 Å². The van der Waals surface area contributed by atoms with Crippen LogP contribution in [0.25, 0.3) is 0 Å². The van der Waals surface area contributed by atoms with Gasteiger partial charge in [0.05, 0.1) is 11.7 Å².